The van der Waals surface area contributed by atoms with E-state index < -0.39 is 5.54 Å². The van der Waals surface area contributed by atoms with E-state index in [1.54, 1.807) is 17.3 Å². The van der Waals surface area contributed by atoms with Crippen molar-refractivity contribution < 1.29 is 9.59 Å². The highest BCUT2D eigenvalue weighted by Crippen LogP contribution is 2.23. The molecule has 5 heteroatoms. The van der Waals surface area contributed by atoms with Crippen molar-refractivity contribution in [2.45, 2.75) is 38.8 Å². The van der Waals surface area contributed by atoms with Crippen LogP contribution in [0.25, 0.3) is 0 Å². The molecule has 5 nitrogen and oxygen atoms in total. The average molecular weight is 261 g/mol. The van der Waals surface area contributed by atoms with Crippen molar-refractivity contribution in [3.05, 3.63) is 30.1 Å². The molecule has 1 aromatic heterocycles. The summed E-state index contributed by atoms with van der Waals surface area (Å²) in [6, 6.07) is 3.74. The first-order valence-electron chi connectivity index (χ1n) is 6.60. The minimum atomic E-state index is -0.739. The maximum absolute atomic E-state index is 12.6. The van der Waals surface area contributed by atoms with E-state index in [1.807, 2.05) is 26.0 Å². The summed E-state index contributed by atoms with van der Waals surface area (Å²) in [5.41, 5.74) is 0.198. The summed E-state index contributed by atoms with van der Waals surface area (Å²) < 4.78 is 0. The molecule has 19 heavy (non-hydrogen) atoms. The molecule has 1 aliphatic heterocycles. The van der Waals surface area contributed by atoms with Gasteiger partial charge in [0.2, 0.25) is 11.8 Å². The number of nitrogens with one attached hydrogen (secondary N) is 1. The fourth-order valence-electron chi connectivity index (χ4n) is 2.48. The number of pyridine rings is 1. The van der Waals surface area contributed by atoms with E-state index in [9.17, 15) is 9.59 Å². The summed E-state index contributed by atoms with van der Waals surface area (Å²) in [6.07, 6.45) is 4.63. The number of aromatic nitrogens is 1. The van der Waals surface area contributed by atoms with Crippen LogP contribution in [0.5, 0.6) is 0 Å². The third-order valence-electron chi connectivity index (χ3n) is 3.71. The molecule has 0 aliphatic carbocycles. The minimum absolute atomic E-state index is 0.000882. The Morgan fingerprint density at radius 1 is 1.37 bits per heavy atom. The molecule has 2 heterocycles. The van der Waals surface area contributed by atoms with E-state index in [0.29, 0.717) is 19.4 Å². The standard InChI is InChI=1S/C14H19N3O2/c1-3-14(4-2)13(19)17(10-12(18)16-14)9-11-6-5-7-15-8-11/h5-8H,3-4,9-10H2,1-2H3,(H,16,18). The zero-order valence-electron chi connectivity index (χ0n) is 11.3. The molecule has 1 fully saturated rings. The number of carbonyl (C=O) groups is 2. The third kappa shape index (κ3) is 2.59. The molecule has 102 valence electrons. The molecule has 0 aromatic carbocycles. The van der Waals surface area contributed by atoms with E-state index in [4.69, 9.17) is 0 Å². The van der Waals surface area contributed by atoms with E-state index in [-0.39, 0.29) is 18.4 Å². The van der Waals surface area contributed by atoms with Crippen molar-refractivity contribution in [2.75, 3.05) is 6.54 Å². The third-order valence-corrected chi connectivity index (χ3v) is 3.71. The van der Waals surface area contributed by atoms with Crippen molar-refractivity contribution in [1.82, 2.24) is 15.2 Å². The lowest BCUT2D eigenvalue weighted by atomic mass is 9.89. The highest BCUT2D eigenvalue weighted by Gasteiger charge is 2.43. The number of hydrogen-bond acceptors (Lipinski definition) is 3. The maximum atomic E-state index is 12.6. The van der Waals surface area contributed by atoms with Gasteiger partial charge >= 0.3 is 0 Å². The van der Waals surface area contributed by atoms with Crippen LogP contribution in [-0.2, 0) is 16.1 Å². The van der Waals surface area contributed by atoms with Crippen molar-refractivity contribution in [1.29, 1.82) is 0 Å². The summed E-state index contributed by atoms with van der Waals surface area (Å²) in [7, 11) is 0. The Morgan fingerprint density at radius 2 is 2.11 bits per heavy atom. The van der Waals surface area contributed by atoms with Crippen LogP contribution in [0.15, 0.2) is 24.5 Å². The predicted octanol–water partition coefficient (Wildman–Crippen LogP) is 1.10. The summed E-state index contributed by atoms with van der Waals surface area (Å²) in [6.45, 7) is 4.40. The zero-order valence-corrected chi connectivity index (χ0v) is 11.3. The molecule has 1 aromatic rings. The maximum Gasteiger partial charge on any atom is 0.249 e. The van der Waals surface area contributed by atoms with Gasteiger partial charge in [0.1, 0.15) is 5.54 Å². The van der Waals surface area contributed by atoms with Crippen LogP contribution in [0, 0.1) is 0 Å². The van der Waals surface area contributed by atoms with Gasteiger partial charge in [-0.05, 0) is 24.5 Å². The van der Waals surface area contributed by atoms with Crippen molar-refractivity contribution in [3.8, 4) is 0 Å². The van der Waals surface area contributed by atoms with Gasteiger partial charge in [-0.25, -0.2) is 0 Å². The lowest BCUT2D eigenvalue weighted by Crippen LogP contribution is -2.65. The number of hydrogen-bond donors (Lipinski definition) is 1. The molecule has 1 saturated heterocycles. The molecular formula is C14H19N3O2. The fraction of sp³-hybridized carbons (Fsp3) is 0.500. The highest BCUT2D eigenvalue weighted by atomic mass is 16.2. The zero-order chi connectivity index (χ0) is 13.9. The van der Waals surface area contributed by atoms with E-state index in [1.165, 1.54) is 0 Å². The summed E-state index contributed by atoms with van der Waals surface area (Å²) >= 11 is 0. The Hall–Kier alpha value is -1.91. The van der Waals surface area contributed by atoms with Crippen LogP contribution in [0.4, 0.5) is 0 Å². The Morgan fingerprint density at radius 3 is 2.68 bits per heavy atom. The van der Waals surface area contributed by atoms with Crippen molar-refractivity contribution >= 4 is 11.8 Å². The first kappa shape index (κ1) is 13.5. The van der Waals surface area contributed by atoms with Crippen LogP contribution in [-0.4, -0.2) is 33.8 Å². The SMILES string of the molecule is CCC1(CC)NC(=O)CN(Cc2cccnc2)C1=O. The van der Waals surface area contributed by atoms with Crippen molar-refractivity contribution in [2.24, 2.45) is 0 Å². The van der Waals surface area contributed by atoms with Crippen LogP contribution in [0.1, 0.15) is 32.3 Å². The number of piperazine rings is 1. The Kier molecular flexibility index (Phi) is 3.83. The molecular weight excluding hydrogens is 242 g/mol. The lowest BCUT2D eigenvalue weighted by Gasteiger charge is -2.41. The minimum Gasteiger partial charge on any atom is -0.340 e. The molecule has 2 amide bonds. The second-order valence-corrected chi connectivity index (χ2v) is 4.86. The highest BCUT2D eigenvalue weighted by molar-refractivity contribution is 5.97. The van der Waals surface area contributed by atoms with Crippen LogP contribution in [0.2, 0.25) is 0 Å². The predicted molar refractivity (Wildman–Crippen MR) is 71.1 cm³/mol. The molecule has 1 N–H and O–H groups in total. The molecule has 0 saturated carbocycles. The summed E-state index contributed by atoms with van der Waals surface area (Å²) in [5, 5.41) is 2.85. The molecule has 0 spiro atoms. The largest absolute Gasteiger partial charge is 0.340 e. The average Bonchev–Trinajstić information content (AvgIpc) is 2.44. The fourth-order valence-corrected chi connectivity index (χ4v) is 2.48. The van der Waals surface area contributed by atoms with Crippen LogP contribution >= 0.6 is 0 Å². The van der Waals surface area contributed by atoms with Gasteiger partial charge in [0.25, 0.3) is 0 Å². The Bertz CT molecular complexity index is 469. The van der Waals surface area contributed by atoms with Crippen LogP contribution < -0.4 is 5.32 Å². The van der Waals surface area contributed by atoms with Gasteiger partial charge in [0.15, 0.2) is 0 Å². The second-order valence-electron chi connectivity index (χ2n) is 4.86. The molecule has 0 atom stereocenters. The number of nitrogens with zero attached hydrogens (tertiary/aromatic N) is 2. The molecule has 0 radical (unpaired) electrons. The van der Waals surface area contributed by atoms with Crippen molar-refractivity contribution in [3.63, 3.8) is 0 Å². The van der Waals surface area contributed by atoms with Gasteiger partial charge in [-0.3, -0.25) is 14.6 Å². The molecule has 0 unspecified atom stereocenters. The first-order valence-corrected chi connectivity index (χ1v) is 6.60. The Balaban J connectivity index is 2.21. The second kappa shape index (κ2) is 5.38. The molecule has 1 aliphatic rings. The molecule has 2 rings (SSSR count). The van der Waals surface area contributed by atoms with Gasteiger partial charge in [0.05, 0.1) is 6.54 Å². The number of carbonyl (C=O) groups excluding carboxylic acids is 2. The smallest absolute Gasteiger partial charge is 0.249 e. The van der Waals surface area contributed by atoms with Gasteiger partial charge < -0.3 is 10.2 Å². The van der Waals surface area contributed by atoms with E-state index in [2.05, 4.69) is 10.3 Å². The normalized spacial score (nSPS) is 18.3. The number of rotatable bonds is 4. The lowest BCUT2D eigenvalue weighted by molar-refractivity contribution is -0.151. The van der Waals surface area contributed by atoms with E-state index in [0.717, 1.165) is 5.56 Å². The monoisotopic (exact) mass is 261 g/mol. The quantitative estimate of drug-likeness (QED) is 0.882. The van der Waals surface area contributed by atoms with E-state index >= 15 is 0 Å². The van der Waals surface area contributed by atoms with Gasteiger partial charge in [0, 0.05) is 18.9 Å². The summed E-state index contributed by atoms with van der Waals surface area (Å²) in [5.74, 6) is -0.0897. The van der Waals surface area contributed by atoms with Gasteiger partial charge in [-0.15, -0.1) is 0 Å². The van der Waals surface area contributed by atoms with Gasteiger partial charge in [-0.1, -0.05) is 19.9 Å². The van der Waals surface area contributed by atoms with Crippen LogP contribution in [0.3, 0.4) is 0 Å². The van der Waals surface area contributed by atoms with Gasteiger partial charge in [-0.2, -0.15) is 0 Å². The number of amides is 2. The summed E-state index contributed by atoms with van der Waals surface area (Å²) in [4.78, 5) is 30.0. The topological polar surface area (TPSA) is 62.3 Å². The molecule has 0 bridgehead atoms. The first-order chi connectivity index (χ1) is 9.11. The Labute approximate surface area is 113 Å².